The Morgan fingerprint density at radius 3 is 2.17 bits per heavy atom. The highest BCUT2D eigenvalue weighted by molar-refractivity contribution is 6.06. The minimum Gasteiger partial charge on any atom is -0.373 e. The molecule has 5 aromatic rings. The fourth-order valence-corrected chi connectivity index (χ4v) is 4.55. The number of pyridine rings is 1. The average Bonchev–Trinajstić information content (AvgIpc) is 3.52. The second-order valence-electron chi connectivity index (χ2n) is 8.63. The molecule has 2 N–H and O–H groups in total. The fourth-order valence-electron chi connectivity index (χ4n) is 4.55. The van der Waals surface area contributed by atoms with Crippen molar-refractivity contribution in [1.29, 1.82) is 0 Å². The minimum absolute atomic E-state index is 0.274. The number of amides is 1. The molecule has 0 aliphatic rings. The number of carbonyl (C=O) groups excluding carboxylic acids is 1. The van der Waals surface area contributed by atoms with Crippen molar-refractivity contribution in [2.75, 3.05) is 5.32 Å². The van der Waals surface area contributed by atoms with Gasteiger partial charge in [-0.25, -0.2) is 9.97 Å². The molecular weight excluding hydrogens is 452 g/mol. The Morgan fingerprint density at radius 1 is 0.972 bits per heavy atom. The molecule has 0 spiro atoms. The van der Waals surface area contributed by atoms with E-state index in [-0.39, 0.29) is 5.91 Å². The number of nitrogens with one attached hydrogen (secondary N) is 1. The smallest absolute Gasteiger partial charge is 0.257 e. The summed E-state index contributed by atoms with van der Waals surface area (Å²) in [6, 6.07) is 20.8. The van der Waals surface area contributed by atoms with Crippen LogP contribution >= 0.6 is 0 Å². The predicted molar refractivity (Wildman–Crippen MR) is 139 cm³/mol. The van der Waals surface area contributed by atoms with Crippen LogP contribution in [-0.2, 0) is 18.7 Å². The summed E-state index contributed by atoms with van der Waals surface area (Å²) in [5, 5.41) is 19.4. The number of benzene rings is 2. The third-order valence-corrected chi connectivity index (χ3v) is 6.41. The molecule has 3 heterocycles. The number of fused-ring (bicyclic) bond motifs is 1. The van der Waals surface area contributed by atoms with Crippen LogP contribution in [0.25, 0.3) is 11.2 Å². The van der Waals surface area contributed by atoms with Gasteiger partial charge in [0.1, 0.15) is 0 Å². The molecule has 0 fully saturated rings. The molecule has 2 aromatic carbocycles. The molecule has 3 aromatic heterocycles. The number of aromatic nitrogens is 5. The van der Waals surface area contributed by atoms with Crippen LogP contribution in [-0.4, -0.2) is 35.3 Å². The van der Waals surface area contributed by atoms with Crippen molar-refractivity contribution < 1.29 is 9.90 Å². The van der Waals surface area contributed by atoms with Crippen molar-refractivity contribution in [2.45, 2.75) is 39.5 Å². The monoisotopic (exact) mass is 480 g/mol. The zero-order valence-electron chi connectivity index (χ0n) is 20.5. The lowest BCUT2D eigenvalue weighted by Crippen LogP contribution is -2.32. The number of nitrogens with zero attached hydrogens (tertiary/aromatic N) is 5. The van der Waals surface area contributed by atoms with E-state index in [1.807, 2.05) is 79.1 Å². The van der Waals surface area contributed by atoms with E-state index in [1.54, 1.807) is 30.1 Å². The van der Waals surface area contributed by atoms with E-state index in [4.69, 9.17) is 4.98 Å². The Morgan fingerprint density at radius 2 is 1.61 bits per heavy atom. The van der Waals surface area contributed by atoms with Gasteiger partial charge in [0.15, 0.2) is 17.1 Å². The molecule has 182 valence electrons. The molecule has 0 aliphatic carbocycles. The summed E-state index contributed by atoms with van der Waals surface area (Å²) in [6.07, 6.45) is 3.41. The molecule has 0 atom stereocenters. The highest BCUT2D eigenvalue weighted by Gasteiger charge is 2.39. The van der Waals surface area contributed by atoms with E-state index in [2.05, 4.69) is 15.4 Å². The van der Waals surface area contributed by atoms with E-state index in [1.165, 1.54) is 0 Å². The van der Waals surface area contributed by atoms with Crippen LogP contribution in [0.2, 0.25) is 0 Å². The first-order chi connectivity index (χ1) is 17.5. The molecule has 36 heavy (non-hydrogen) atoms. The van der Waals surface area contributed by atoms with Crippen LogP contribution in [0.5, 0.6) is 0 Å². The van der Waals surface area contributed by atoms with Gasteiger partial charge in [-0.05, 0) is 38.0 Å². The van der Waals surface area contributed by atoms with Crippen molar-refractivity contribution in [2.24, 2.45) is 0 Å². The van der Waals surface area contributed by atoms with Crippen LogP contribution in [0, 0.1) is 6.92 Å². The highest BCUT2D eigenvalue weighted by atomic mass is 16.3. The Hall–Kier alpha value is -4.30. The SMILES string of the molecule is CCn1cc(NC(=O)c2cc3c(nc2C)nc(C(O)(c2ccccc2)c2ccccc2)n3CC)cn1. The van der Waals surface area contributed by atoms with Crippen molar-refractivity contribution in [1.82, 2.24) is 24.3 Å². The topological polar surface area (TPSA) is 97.9 Å². The molecule has 0 unspecified atom stereocenters. The van der Waals surface area contributed by atoms with E-state index < -0.39 is 5.60 Å². The molecule has 5 rings (SSSR count). The quantitative estimate of drug-likeness (QED) is 0.357. The van der Waals surface area contributed by atoms with Gasteiger partial charge < -0.3 is 15.0 Å². The fraction of sp³-hybridized carbons (Fsp3) is 0.214. The minimum atomic E-state index is -1.51. The zero-order valence-corrected chi connectivity index (χ0v) is 20.5. The van der Waals surface area contributed by atoms with Gasteiger partial charge in [0, 0.05) is 19.3 Å². The number of hydrogen-bond acceptors (Lipinski definition) is 5. The normalized spacial score (nSPS) is 11.7. The first kappa shape index (κ1) is 23.4. The van der Waals surface area contributed by atoms with Crippen molar-refractivity contribution in [3.8, 4) is 0 Å². The summed E-state index contributed by atoms with van der Waals surface area (Å²) < 4.78 is 3.67. The second kappa shape index (κ2) is 9.39. The summed E-state index contributed by atoms with van der Waals surface area (Å²) in [7, 11) is 0. The van der Waals surface area contributed by atoms with Crippen LogP contribution in [0.15, 0.2) is 79.1 Å². The van der Waals surface area contributed by atoms with E-state index in [9.17, 15) is 9.90 Å². The maximum absolute atomic E-state index is 13.2. The first-order valence-corrected chi connectivity index (χ1v) is 12.0. The van der Waals surface area contributed by atoms with Gasteiger partial charge in [-0.2, -0.15) is 5.10 Å². The Kier molecular flexibility index (Phi) is 6.12. The number of rotatable bonds is 7. The van der Waals surface area contributed by atoms with E-state index in [0.717, 1.165) is 0 Å². The van der Waals surface area contributed by atoms with Crippen LogP contribution in [0.1, 0.15) is 46.9 Å². The lowest BCUT2D eigenvalue weighted by Gasteiger charge is -2.29. The molecule has 0 bridgehead atoms. The summed E-state index contributed by atoms with van der Waals surface area (Å²) in [4.78, 5) is 22.6. The number of aryl methyl sites for hydroxylation is 3. The van der Waals surface area contributed by atoms with Gasteiger partial charge in [-0.1, -0.05) is 60.7 Å². The third-order valence-electron chi connectivity index (χ3n) is 6.41. The largest absolute Gasteiger partial charge is 0.373 e. The van der Waals surface area contributed by atoms with Gasteiger partial charge >= 0.3 is 0 Å². The number of anilines is 1. The molecular formula is C28H28N6O2. The molecule has 0 saturated carbocycles. The maximum Gasteiger partial charge on any atom is 0.257 e. The Bertz CT molecular complexity index is 1480. The van der Waals surface area contributed by atoms with Gasteiger partial charge in [-0.3, -0.25) is 9.48 Å². The van der Waals surface area contributed by atoms with Crippen LogP contribution < -0.4 is 5.32 Å². The molecule has 0 aliphatic heterocycles. The van der Waals surface area contributed by atoms with Crippen LogP contribution in [0.4, 0.5) is 5.69 Å². The lowest BCUT2D eigenvalue weighted by molar-refractivity contribution is 0.102. The molecule has 8 heteroatoms. The summed E-state index contributed by atoms with van der Waals surface area (Å²) in [5.41, 5.74) is 2.66. The predicted octanol–water partition coefficient (Wildman–Crippen LogP) is 4.51. The molecule has 0 radical (unpaired) electrons. The first-order valence-electron chi connectivity index (χ1n) is 12.0. The van der Waals surface area contributed by atoms with Crippen molar-refractivity contribution in [3.05, 3.63) is 107 Å². The van der Waals surface area contributed by atoms with E-state index >= 15 is 0 Å². The van der Waals surface area contributed by atoms with Gasteiger partial charge in [-0.15, -0.1) is 0 Å². The summed E-state index contributed by atoms with van der Waals surface area (Å²) >= 11 is 0. The highest BCUT2D eigenvalue weighted by Crippen LogP contribution is 2.37. The molecule has 8 nitrogen and oxygen atoms in total. The molecule has 1 amide bonds. The van der Waals surface area contributed by atoms with Crippen molar-refractivity contribution >= 4 is 22.8 Å². The number of imidazole rings is 1. The zero-order chi connectivity index (χ0) is 25.3. The second-order valence-corrected chi connectivity index (χ2v) is 8.63. The third kappa shape index (κ3) is 3.95. The lowest BCUT2D eigenvalue weighted by atomic mass is 9.85. The summed E-state index contributed by atoms with van der Waals surface area (Å²) in [5.74, 6) is 0.176. The van der Waals surface area contributed by atoms with Crippen molar-refractivity contribution in [3.63, 3.8) is 0 Å². The standard InChI is InChI=1S/C28H28N6O2/c1-4-33-18-22(17-29-33)31-26(35)23-16-24-25(30-19(23)3)32-27(34(24)5-2)28(36,20-12-8-6-9-13-20)21-14-10-7-11-15-21/h6-18,36H,4-5H2,1-3H3,(H,31,35). The average molecular weight is 481 g/mol. The summed E-state index contributed by atoms with van der Waals surface area (Å²) in [6.45, 7) is 7.00. The Balaban J connectivity index is 1.65. The number of hydrogen-bond donors (Lipinski definition) is 2. The van der Waals surface area contributed by atoms with Gasteiger partial charge in [0.25, 0.3) is 5.91 Å². The van der Waals surface area contributed by atoms with Gasteiger partial charge in [0.2, 0.25) is 0 Å². The Labute approximate surface area is 209 Å². The van der Waals surface area contributed by atoms with Gasteiger partial charge in [0.05, 0.1) is 28.7 Å². The van der Waals surface area contributed by atoms with E-state index in [0.29, 0.717) is 58.1 Å². The number of aliphatic hydroxyl groups is 1. The number of carbonyl (C=O) groups is 1. The molecule has 0 saturated heterocycles. The van der Waals surface area contributed by atoms with Crippen LogP contribution in [0.3, 0.4) is 0 Å². The maximum atomic E-state index is 13.2.